The minimum Gasteiger partial charge on any atom is -0.469 e. The summed E-state index contributed by atoms with van der Waals surface area (Å²) in [6.45, 7) is 4.46. The van der Waals surface area contributed by atoms with E-state index in [1.807, 2.05) is 60.7 Å². The van der Waals surface area contributed by atoms with E-state index in [0.29, 0.717) is 12.1 Å². The monoisotopic (exact) mass is 629 g/mol. The third kappa shape index (κ3) is 9.30. The predicted octanol–water partition coefficient (Wildman–Crippen LogP) is 6.60. The number of pyridine rings is 1. The highest BCUT2D eigenvalue weighted by atomic mass is 16.5. The smallest absolute Gasteiger partial charge is 0.339 e. The first-order chi connectivity index (χ1) is 21.4. The first-order valence-electron chi connectivity index (χ1n) is 14.6. The maximum atomic E-state index is 11.6. The Labute approximate surface area is 272 Å². The number of carbonyl (C=O) groups is 3. The van der Waals surface area contributed by atoms with Crippen molar-refractivity contribution in [2.24, 2.45) is 11.8 Å². The second-order valence-electron chi connectivity index (χ2n) is 10.5. The van der Waals surface area contributed by atoms with E-state index >= 15 is 0 Å². The average molecular weight is 630 g/mol. The van der Waals surface area contributed by atoms with Crippen molar-refractivity contribution < 1.29 is 28.6 Å². The number of nitrogens with zero attached hydrogens (tertiary/aromatic N) is 2. The van der Waals surface area contributed by atoms with Crippen LogP contribution in [0.3, 0.4) is 0 Å². The molecule has 3 aromatic carbocycles. The molecule has 1 N–H and O–H groups in total. The predicted molar refractivity (Wildman–Crippen MR) is 184 cm³/mol. The van der Waals surface area contributed by atoms with Gasteiger partial charge in [-0.1, -0.05) is 69.5 Å². The van der Waals surface area contributed by atoms with Gasteiger partial charge in [0.05, 0.1) is 44.2 Å². The number of ether oxygens (including phenoxy) is 3. The molecule has 0 bridgehead atoms. The van der Waals surface area contributed by atoms with Crippen LogP contribution in [0.5, 0.6) is 0 Å². The van der Waals surface area contributed by atoms with Gasteiger partial charge in [0, 0.05) is 42.6 Å². The fourth-order valence-electron chi connectivity index (χ4n) is 5.39. The van der Waals surface area contributed by atoms with E-state index < -0.39 is 0 Å². The molecule has 0 fully saturated rings. The molecule has 2 aliphatic heterocycles. The maximum absolute atomic E-state index is 11.6. The van der Waals surface area contributed by atoms with Gasteiger partial charge >= 0.3 is 17.9 Å². The number of anilines is 2. The van der Waals surface area contributed by atoms with Crippen LogP contribution in [-0.4, -0.2) is 63.9 Å². The van der Waals surface area contributed by atoms with Gasteiger partial charge in [0.15, 0.2) is 0 Å². The molecule has 9 nitrogen and oxygen atoms in total. The molecule has 9 heteroatoms. The van der Waals surface area contributed by atoms with Crippen LogP contribution in [0, 0.1) is 11.8 Å². The van der Waals surface area contributed by atoms with E-state index in [9.17, 15) is 14.4 Å². The van der Waals surface area contributed by atoms with Crippen LogP contribution in [0.4, 0.5) is 11.4 Å². The number of carbonyl (C=O) groups excluding carboxylic acids is 3. The zero-order chi connectivity index (χ0) is 31.5. The normalized spacial score (nSPS) is 15.6. The van der Waals surface area contributed by atoms with E-state index in [0.717, 1.165) is 42.5 Å². The Bertz CT molecular complexity index is 1590. The van der Waals surface area contributed by atoms with Crippen molar-refractivity contribution in [3.05, 3.63) is 102 Å². The lowest BCUT2D eigenvalue weighted by molar-refractivity contribution is -0.145. The van der Waals surface area contributed by atoms with Crippen molar-refractivity contribution >= 4 is 40.2 Å². The van der Waals surface area contributed by atoms with Crippen LogP contribution in [0.2, 0.25) is 0 Å². The van der Waals surface area contributed by atoms with Crippen molar-refractivity contribution in [3.8, 4) is 0 Å². The Balaban J connectivity index is 0.000000236. The standard InChI is InChI=1S/C13H17NO2.C11H13NO2.C11H9NO2.2CH4/c1-3-14-9-11(13(15)16-2)8-10-6-4-5-7-12(10)14;2*1-14-11(13)9-6-8-4-2-3-5-10(8)12-7-9;;/h4-7,11H,3,8-9H2,1-2H3;2-5,9,12H,6-7H2,1H3;2-7H,1H3;2*1H4. The van der Waals surface area contributed by atoms with Crippen LogP contribution < -0.4 is 10.2 Å². The molecule has 6 rings (SSSR count). The molecule has 2 unspecified atom stereocenters. The number of fused-ring (bicyclic) bond motifs is 3. The summed E-state index contributed by atoms with van der Waals surface area (Å²) in [6.07, 6.45) is 3.09. The van der Waals surface area contributed by atoms with Crippen LogP contribution in [0.25, 0.3) is 10.9 Å². The van der Waals surface area contributed by atoms with Crippen LogP contribution >= 0.6 is 0 Å². The van der Waals surface area contributed by atoms with E-state index in [-0.39, 0.29) is 44.6 Å². The third-order valence-corrected chi connectivity index (χ3v) is 7.72. The minimum absolute atomic E-state index is 0. The molecular formula is C37H47N3O6. The van der Waals surface area contributed by atoms with Crippen molar-refractivity contribution in [1.82, 2.24) is 4.98 Å². The lowest BCUT2D eigenvalue weighted by Gasteiger charge is -2.34. The molecule has 4 aromatic rings. The topological polar surface area (TPSA) is 107 Å². The number of hydrogen-bond donors (Lipinski definition) is 1. The number of rotatable bonds is 4. The fourth-order valence-corrected chi connectivity index (χ4v) is 5.39. The molecule has 246 valence electrons. The highest BCUT2D eigenvalue weighted by molar-refractivity contribution is 5.93. The molecule has 3 heterocycles. The second kappa shape index (κ2) is 18.1. The summed E-state index contributed by atoms with van der Waals surface area (Å²) in [5.41, 5.74) is 6.17. The van der Waals surface area contributed by atoms with Crippen LogP contribution in [0.15, 0.2) is 85.1 Å². The molecule has 2 atom stereocenters. The van der Waals surface area contributed by atoms with Gasteiger partial charge in [-0.25, -0.2) is 4.79 Å². The lowest BCUT2D eigenvalue weighted by atomic mass is 9.92. The van der Waals surface area contributed by atoms with Gasteiger partial charge in [-0.2, -0.15) is 0 Å². The largest absolute Gasteiger partial charge is 0.469 e. The van der Waals surface area contributed by atoms with Gasteiger partial charge in [-0.3, -0.25) is 14.6 Å². The molecule has 46 heavy (non-hydrogen) atoms. The number of methoxy groups -OCH3 is 3. The number of para-hydroxylation sites is 3. The van der Waals surface area contributed by atoms with Gasteiger partial charge in [0.1, 0.15) is 0 Å². The van der Waals surface area contributed by atoms with Gasteiger partial charge in [-0.05, 0) is 55.2 Å². The molecule has 0 saturated heterocycles. The Hall–Kier alpha value is -4.92. The summed E-state index contributed by atoms with van der Waals surface area (Å²) < 4.78 is 14.2. The van der Waals surface area contributed by atoms with Crippen molar-refractivity contribution in [1.29, 1.82) is 0 Å². The van der Waals surface area contributed by atoms with Gasteiger partial charge < -0.3 is 24.4 Å². The van der Waals surface area contributed by atoms with Crippen molar-refractivity contribution in [2.45, 2.75) is 34.6 Å². The molecule has 0 spiro atoms. The molecule has 0 aliphatic carbocycles. The fraction of sp³-hybridized carbons (Fsp3) is 0.351. The van der Waals surface area contributed by atoms with Crippen molar-refractivity contribution in [3.63, 3.8) is 0 Å². The SMILES string of the molecule is C.C.CCN1CC(C(=O)OC)Cc2ccccc21.COC(=O)C1CNc2ccccc2C1.COC(=O)c1cnc2ccccc2c1. The first kappa shape index (κ1) is 37.3. The number of benzene rings is 3. The third-order valence-electron chi connectivity index (χ3n) is 7.72. The molecule has 0 saturated carbocycles. The van der Waals surface area contributed by atoms with E-state index in [2.05, 4.69) is 39.0 Å². The first-order valence-corrected chi connectivity index (χ1v) is 14.6. The van der Waals surface area contributed by atoms with Gasteiger partial charge in [0.2, 0.25) is 0 Å². The second-order valence-corrected chi connectivity index (χ2v) is 10.5. The summed E-state index contributed by atoms with van der Waals surface area (Å²) in [6, 6.07) is 25.7. The van der Waals surface area contributed by atoms with Gasteiger partial charge in [-0.15, -0.1) is 0 Å². The number of aromatic nitrogens is 1. The maximum Gasteiger partial charge on any atom is 0.339 e. The summed E-state index contributed by atoms with van der Waals surface area (Å²) in [5.74, 6) is -0.669. The lowest BCUT2D eigenvalue weighted by Crippen LogP contribution is -2.39. The molecular weight excluding hydrogens is 582 g/mol. The summed E-state index contributed by atoms with van der Waals surface area (Å²) in [4.78, 5) is 40.5. The summed E-state index contributed by atoms with van der Waals surface area (Å²) >= 11 is 0. The Morgan fingerprint density at radius 3 is 2.11 bits per heavy atom. The zero-order valence-corrected chi connectivity index (χ0v) is 25.6. The molecule has 0 radical (unpaired) electrons. The minimum atomic E-state index is -0.358. The highest BCUT2D eigenvalue weighted by Gasteiger charge is 2.29. The van der Waals surface area contributed by atoms with Crippen LogP contribution in [0.1, 0.15) is 43.3 Å². The number of hydrogen-bond acceptors (Lipinski definition) is 9. The summed E-state index contributed by atoms with van der Waals surface area (Å²) in [5, 5.41) is 4.17. The number of nitrogens with one attached hydrogen (secondary N) is 1. The highest BCUT2D eigenvalue weighted by Crippen LogP contribution is 2.29. The van der Waals surface area contributed by atoms with E-state index in [4.69, 9.17) is 9.47 Å². The number of esters is 3. The van der Waals surface area contributed by atoms with E-state index in [1.54, 1.807) is 6.07 Å². The summed E-state index contributed by atoms with van der Waals surface area (Å²) in [7, 11) is 4.25. The zero-order valence-electron chi connectivity index (χ0n) is 25.6. The Kier molecular flexibility index (Phi) is 14.7. The van der Waals surface area contributed by atoms with Crippen LogP contribution in [-0.2, 0) is 36.6 Å². The average Bonchev–Trinajstić information content (AvgIpc) is 3.10. The Morgan fingerprint density at radius 2 is 1.41 bits per heavy atom. The van der Waals surface area contributed by atoms with E-state index in [1.165, 1.54) is 44.3 Å². The van der Waals surface area contributed by atoms with Crippen molar-refractivity contribution in [2.75, 3.05) is 51.2 Å². The molecule has 0 amide bonds. The quantitative estimate of drug-likeness (QED) is 0.197. The molecule has 2 aliphatic rings. The Morgan fingerprint density at radius 1 is 0.804 bits per heavy atom. The molecule has 1 aromatic heterocycles. The van der Waals surface area contributed by atoms with Gasteiger partial charge in [0.25, 0.3) is 0 Å².